The van der Waals surface area contributed by atoms with Crippen LogP contribution in [0.4, 0.5) is 5.69 Å². The lowest BCUT2D eigenvalue weighted by Gasteiger charge is -2.19. The van der Waals surface area contributed by atoms with Crippen LogP contribution in [0.3, 0.4) is 0 Å². The van der Waals surface area contributed by atoms with Gasteiger partial charge in [-0.25, -0.2) is 0 Å². The van der Waals surface area contributed by atoms with Gasteiger partial charge < -0.3 is 10.5 Å². The van der Waals surface area contributed by atoms with Crippen molar-refractivity contribution in [3.63, 3.8) is 0 Å². The van der Waals surface area contributed by atoms with Crippen LogP contribution in [0, 0.1) is 0 Å². The predicted octanol–water partition coefficient (Wildman–Crippen LogP) is 3.67. The number of nitrogen functional groups attached to an aromatic ring is 1. The molecule has 0 unspecified atom stereocenters. The topological polar surface area (TPSA) is 38.5 Å². The van der Waals surface area contributed by atoms with Gasteiger partial charge in [0.1, 0.15) is 5.75 Å². The fraction of sp³-hybridized carbons (Fsp3) is 0.250. The van der Waals surface area contributed by atoms with E-state index < -0.39 is 0 Å². The Hall–Kier alpha value is -1.52. The third-order valence-corrected chi connectivity index (χ3v) is 3.65. The Morgan fingerprint density at radius 2 is 1.80 bits per heavy atom. The van der Waals surface area contributed by atoms with Crippen molar-refractivity contribution in [2.24, 2.45) is 0 Å². The second kappa shape index (κ2) is 6.77. The van der Waals surface area contributed by atoms with E-state index in [0.29, 0.717) is 0 Å². The highest BCUT2D eigenvalue weighted by molar-refractivity contribution is 9.10. The Balaban J connectivity index is 2.04. The summed E-state index contributed by atoms with van der Waals surface area (Å²) >= 11 is 3.45. The minimum atomic E-state index is 0.723. The van der Waals surface area contributed by atoms with Gasteiger partial charge in [-0.05, 0) is 30.8 Å². The Morgan fingerprint density at radius 3 is 2.45 bits per heavy atom. The highest BCUT2D eigenvalue weighted by Gasteiger charge is 2.07. The Morgan fingerprint density at radius 1 is 1.10 bits per heavy atom. The molecule has 4 heteroatoms. The van der Waals surface area contributed by atoms with Crippen molar-refractivity contribution in [1.29, 1.82) is 0 Å². The number of rotatable bonds is 5. The highest BCUT2D eigenvalue weighted by Crippen LogP contribution is 2.23. The predicted molar refractivity (Wildman–Crippen MR) is 86.7 cm³/mol. The molecular formula is C16H19BrN2O. The maximum absolute atomic E-state index is 5.77. The standard InChI is InChI=1S/C16H19BrN2O/c1-19(10-12-3-6-14(17)7-4-12)11-13-5-8-15(18)9-16(13)20-2/h3-9H,10-11,18H2,1-2H3. The lowest BCUT2D eigenvalue weighted by atomic mass is 10.1. The summed E-state index contributed by atoms with van der Waals surface area (Å²) in [5, 5.41) is 0. The molecule has 0 atom stereocenters. The molecule has 20 heavy (non-hydrogen) atoms. The van der Waals surface area contributed by atoms with E-state index in [4.69, 9.17) is 10.5 Å². The molecule has 0 aromatic heterocycles. The molecule has 2 N–H and O–H groups in total. The molecule has 0 aliphatic carbocycles. The number of anilines is 1. The van der Waals surface area contributed by atoms with Crippen LogP contribution in [0.2, 0.25) is 0 Å². The lowest BCUT2D eigenvalue weighted by Crippen LogP contribution is -2.17. The van der Waals surface area contributed by atoms with Crippen molar-refractivity contribution < 1.29 is 4.74 Å². The van der Waals surface area contributed by atoms with E-state index in [1.54, 1.807) is 7.11 Å². The molecule has 0 heterocycles. The van der Waals surface area contributed by atoms with Gasteiger partial charge in [0.25, 0.3) is 0 Å². The van der Waals surface area contributed by atoms with Crippen LogP contribution >= 0.6 is 15.9 Å². The Labute approximate surface area is 128 Å². The number of nitrogens with zero attached hydrogens (tertiary/aromatic N) is 1. The molecule has 2 rings (SSSR count). The van der Waals surface area contributed by atoms with E-state index in [9.17, 15) is 0 Å². The molecule has 2 aromatic rings. The monoisotopic (exact) mass is 334 g/mol. The van der Waals surface area contributed by atoms with Gasteiger partial charge >= 0.3 is 0 Å². The van der Waals surface area contributed by atoms with E-state index in [2.05, 4.69) is 52.1 Å². The zero-order valence-electron chi connectivity index (χ0n) is 11.8. The van der Waals surface area contributed by atoms with Crippen LogP contribution in [0.25, 0.3) is 0 Å². The summed E-state index contributed by atoms with van der Waals surface area (Å²) in [7, 11) is 3.77. The van der Waals surface area contributed by atoms with Gasteiger partial charge in [-0.1, -0.05) is 34.1 Å². The van der Waals surface area contributed by atoms with Gasteiger partial charge in [0.05, 0.1) is 7.11 Å². The summed E-state index contributed by atoms with van der Waals surface area (Å²) in [4.78, 5) is 2.25. The molecule has 0 bridgehead atoms. The third-order valence-electron chi connectivity index (χ3n) is 3.12. The fourth-order valence-electron chi connectivity index (χ4n) is 2.14. The van der Waals surface area contributed by atoms with Crippen LogP contribution in [0.5, 0.6) is 5.75 Å². The molecule has 0 spiro atoms. The van der Waals surface area contributed by atoms with E-state index in [0.717, 1.165) is 34.6 Å². The quantitative estimate of drug-likeness (QED) is 0.848. The van der Waals surface area contributed by atoms with Gasteiger partial charge in [-0.3, -0.25) is 4.90 Å². The molecule has 0 fully saturated rings. The molecule has 2 aromatic carbocycles. The first-order chi connectivity index (χ1) is 9.58. The van der Waals surface area contributed by atoms with Gasteiger partial charge in [-0.15, -0.1) is 0 Å². The average molecular weight is 335 g/mol. The van der Waals surface area contributed by atoms with Crippen molar-refractivity contribution in [2.75, 3.05) is 19.9 Å². The number of halogens is 1. The van der Waals surface area contributed by atoms with Crippen molar-refractivity contribution >= 4 is 21.6 Å². The number of hydrogen-bond donors (Lipinski definition) is 1. The summed E-state index contributed by atoms with van der Waals surface area (Å²) in [5.74, 6) is 0.840. The zero-order valence-corrected chi connectivity index (χ0v) is 13.4. The van der Waals surface area contributed by atoms with Crippen LogP contribution in [-0.4, -0.2) is 19.1 Å². The van der Waals surface area contributed by atoms with Crippen LogP contribution in [0.15, 0.2) is 46.9 Å². The molecule has 0 aliphatic heterocycles. The molecule has 0 aliphatic rings. The summed E-state index contributed by atoms with van der Waals surface area (Å²) < 4.78 is 6.48. The minimum Gasteiger partial charge on any atom is -0.496 e. The largest absolute Gasteiger partial charge is 0.496 e. The van der Waals surface area contributed by atoms with Crippen molar-refractivity contribution in [2.45, 2.75) is 13.1 Å². The van der Waals surface area contributed by atoms with Crippen LogP contribution < -0.4 is 10.5 Å². The van der Waals surface area contributed by atoms with E-state index in [1.807, 2.05) is 18.2 Å². The maximum Gasteiger partial charge on any atom is 0.125 e. The molecular weight excluding hydrogens is 316 g/mol. The first-order valence-corrected chi connectivity index (χ1v) is 7.23. The first kappa shape index (κ1) is 14.9. The lowest BCUT2D eigenvalue weighted by molar-refractivity contribution is 0.310. The Kier molecular flexibility index (Phi) is 5.04. The average Bonchev–Trinajstić information content (AvgIpc) is 2.43. The number of hydrogen-bond acceptors (Lipinski definition) is 3. The van der Waals surface area contributed by atoms with E-state index in [-0.39, 0.29) is 0 Å². The zero-order chi connectivity index (χ0) is 14.5. The molecule has 0 saturated heterocycles. The summed E-state index contributed by atoms with van der Waals surface area (Å²) in [5.41, 5.74) is 8.92. The summed E-state index contributed by atoms with van der Waals surface area (Å²) in [6.07, 6.45) is 0. The minimum absolute atomic E-state index is 0.723. The number of methoxy groups -OCH3 is 1. The Bertz CT molecular complexity index is 569. The smallest absolute Gasteiger partial charge is 0.125 e. The molecule has 3 nitrogen and oxygen atoms in total. The molecule has 0 saturated carbocycles. The van der Waals surface area contributed by atoms with Gasteiger partial charge in [0.15, 0.2) is 0 Å². The maximum atomic E-state index is 5.77. The van der Waals surface area contributed by atoms with E-state index in [1.165, 1.54) is 5.56 Å². The number of benzene rings is 2. The summed E-state index contributed by atoms with van der Waals surface area (Å²) in [6.45, 7) is 1.71. The highest BCUT2D eigenvalue weighted by atomic mass is 79.9. The van der Waals surface area contributed by atoms with Gasteiger partial charge in [0.2, 0.25) is 0 Å². The molecule has 0 radical (unpaired) electrons. The second-order valence-corrected chi connectivity index (χ2v) is 5.79. The second-order valence-electron chi connectivity index (χ2n) is 4.87. The summed E-state index contributed by atoms with van der Waals surface area (Å²) in [6, 6.07) is 14.2. The van der Waals surface area contributed by atoms with Crippen LogP contribution in [-0.2, 0) is 13.1 Å². The fourth-order valence-corrected chi connectivity index (χ4v) is 2.40. The van der Waals surface area contributed by atoms with Crippen molar-refractivity contribution in [1.82, 2.24) is 4.90 Å². The SMILES string of the molecule is COc1cc(N)ccc1CN(C)Cc1ccc(Br)cc1. The number of ether oxygens (including phenoxy) is 1. The normalized spacial score (nSPS) is 10.8. The van der Waals surface area contributed by atoms with E-state index >= 15 is 0 Å². The molecule has 0 amide bonds. The van der Waals surface area contributed by atoms with Crippen LogP contribution in [0.1, 0.15) is 11.1 Å². The number of nitrogens with two attached hydrogens (primary N) is 1. The van der Waals surface area contributed by atoms with Crippen molar-refractivity contribution in [3.05, 3.63) is 58.1 Å². The van der Waals surface area contributed by atoms with Gasteiger partial charge in [0, 0.05) is 34.9 Å². The molecule has 106 valence electrons. The third kappa shape index (κ3) is 3.99. The first-order valence-electron chi connectivity index (χ1n) is 6.44. The van der Waals surface area contributed by atoms with Gasteiger partial charge in [-0.2, -0.15) is 0 Å². The van der Waals surface area contributed by atoms with Crippen molar-refractivity contribution in [3.8, 4) is 5.75 Å².